The number of aromatic hydroxyl groups is 2. The summed E-state index contributed by atoms with van der Waals surface area (Å²) >= 11 is 0. The van der Waals surface area contributed by atoms with Gasteiger partial charge >= 0.3 is 5.97 Å². The molecular weight excluding hydrogens is 412 g/mol. The van der Waals surface area contributed by atoms with E-state index in [1.54, 1.807) is 0 Å². The molecule has 0 saturated heterocycles. The van der Waals surface area contributed by atoms with E-state index in [4.69, 9.17) is 24.7 Å². The number of aromatic amines is 1. The Morgan fingerprint density at radius 1 is 1.00 bits per heavy atom. The highest BCUT2D eigenvalue weighted by molar-refractivity contribution is 6.03. The van der Waals surface area contributed by atoms with Crippen LogP contribution in [0.15, 0.2) is 10.9 Å². The Morgan fingerprint density at radius 3 is 2.10 bits per heavy atom. The number of phenols is 2. The van der Waals surface area contributed by atoms with Gasteiger partial charge in [-0.25, -0.2) is 0 Å². The van der Waals surface area contributed by atoms with Gasteiger partial charge in [0.25, 0.3) is 0 Å². The van der Waals surface area contributed by atoms with Crippen LogP contribution < -0.4 is 30.1 Å². The molecule has 1 unspecified atom stereocenters. The summed E-state index contributed by atoms with van der Waals surface area (Å²) in [6.07, 6.45) is -0.259. The van der Waals surface area contributed by atoms with Crippen molar-refractivity contribution >= 4 is 27.8 Å². The summed E-state index contributed by atoms with van der Waals surface area (Å²) in [5.41, 5.74) is 5.57. The van der Waals surface area contributed by atoms with E-state index in [2.05, 4.69) is 4.98 Å². The van der Waals surface area contributed by atoms with Crippen LogP contribution in [0.5, 0.6) is 34.5 Å². The van der Waals surface area contributed by atoms with E-state index in [0.717, 1.165) is 6.07 Å². The van der Waals surface area contributed by atoms with Gasteiger partial charge in [0.05, 0.1) is 50.2 Å². The smallest absolute Gasteiger partial charge is 0.320 e. The Hall–Kier alpha value is -3.86. The second-order valence-electron chi connectivity index (χ2n) is 6.63. The van der Waals surface area contributed by atoms with Crippen molar-refractivity contribution in [3.63, 3.8) is 0 Å². The summed E-state index contributed by atoms with van der Waals surface area (Å²) in [5, 5.41) is 29.5. The fraction of sp³-hybridized carbons (Fsp3) is 0.300. The van der Waals surface area contributed by atoms with Crippen LogP contribution in [0.3, 0.4) is 0 Å². The number of aromatic nitrogens is 1. The van der Waals surface area contributed by atoms with Gasteiger partial charge in [0.1, 0.15) is 6.04 Å². The van der Waals surface area contributed by atoms with Crippen LogP contribution >= 0.6 is 0 Å². The van der Waals surface area contributed by atoms with E-state index in [9.17, 15) is 24.9 Å². The van der Waals surface area contributed by atoms with Crippen molar-refractivity contribution in [2.45, 2.75) is 12.5 Å². The second kappa shape index (κ2) is 8.11. The average molecular weight is 434 g/mol. The number of hydrogen-bond acceptors (Lipinski definition) is 9. The molecule has 31 heavy (non-hydrogen) atoms. The molecule has 0 aliphatic carbocycles. The number of hydrogen-bond donors (Lipinski definition) is 5. The summed E-state index contributed by atoms with van der Waals surface area (Å²) in [5.74, 6) is -2.25. The van der Waals surface area contributed by atoms with E-state index < -0.39 is 28.9 Å². The highest BCUT2D eigenvalue weighted by atomic mass is 16.5. The van der Waals surface area contributed by atoms with Gasteiger partial charge in [0.15, 0.2) is 28.4 Å². The van der Waals surface area contributed by atoms with E-state index >= 15 is 0 Å². The molecule has 3 aromatic rings. The molecule has 11 nitrogen and oxygen atoms in total. The molecule has 6 N–H and O–H groups in total. The minimum Gasteiger partial charge on any atom is -0.504 e. The minimum absolute atomic E-state index is 0.0148. The lowest BCUT2D eigenvalue weighted by atomic mass is 9.96. The summed E-state index contributed by atoms with van der Waals surface area (Å²) in [6.45, 7) is 0. The fourth-order valence-corrected chi connectivity index (χ4v) is 3.60. The molecule has 0 spiro atoms. The van der Waals surface area contributed by atoms with Crippen LogP contribution in [0.25, 0.3) is 21.8 Å². The number of benzene rings is 2. The van der Waals surface area contributed by atoms with Gasteiger partial charge in [0, 0.05) is 12.0 Å². The first-order valence-corrected chi connectivity index (χ1v) is 8.99. The zero-order chi connectivity index (χ0) is 23.0. The number of ether oxygens (including phenoxy) is 4. The van der Waals surface area contributed by atoms with Gasteiger partial charge in [-0.3, -0.25) is 9.59 Å². The van der Waals surface area contributed by atoms with Gasteiger partial charge in [-0.2, -0.15) is 0 Å². The van der Waals surface area contributed by atoms with Crippen LogP contribution in [0.2, 0.25) is 0 Å². The lowest BCUT2D eigenvalue weighted by molar-refractivity contribution is -0.138. The topological polar surface area (TPSA) is 174 Å². The van der Waals surface area contributed by atoms with Crippen molar-refractivity contribution < 1.29 is 39.1 Å². The molecule has 1 atom stereocenters. The van der Waals surface area contributed by atoms with Crippen LogP contribution in [-0.4, -0.2) is 60.8 Å². The highest BCUT2D eigenvalue weighted by Crippen LogP contribution is 2.47. The van der Waals surface area contributed by atoms with Crippen LogP contribution in [0, 0.1) is 0 Å². The normalized spacial score (nSPS) is 12.0. The first kappa shape index (κ1) is 21.8. The molecule has 0 amide bonds. The molecule has 0 saturated carbocycles. The molecule has 1 heterocycles. The number of H-pyrrole nitrogens is 1. The summed E-state index contributed by atoms with van der Waals surface area (Å²) in [6, 6.07) is -0.261. The maximum atomic E-state index is 13.5. The minimum atomic E-state index is -1.34. The second-order valence-corrected chi connectivity index (χ2v) is 6.63. The number of nitrogens with one attached hydrogen (secondary N) is 1. The van der Waals surface area contributed by atoms with Crippen molar-refractivity contribution in [1.29, 1.82) is 0 Å². The quantitative estimate of drug-likeness (QED) is 0.267. The van der Waals surface area contributed by atoms with Gasteiger partial charge in [0.2, 0.25) is 11.5 Å². The van der Waals surface area contributed by atoms with Crippen molar-refractivity contribution in [3.05, 3.63) is 21.9 Å². The molecule has 3 rings (SSSR count). The van der Waals surface area contributed by atoms with E-state index in [0.29, 0.717) is 0 Å². The van der Waals surface area contributed by atoms with Gasteiger partial charge in [-0.1, -0.05) is 0 Å². The SMILES string of the molecule is COc1c(OC)c(CC(N)C(=O)O)c2c(=O)c3cc(O)c(O)c(OC)c3[nH]c2c1OC. The van der Waals surface area contributed by atoms with Crippen LogP contribution in [-0.2, 0) is 11.2 Å². The van der Waals surface area contributed by atoms with Gasteiger partial charge in [-0.05, 0) is 6.07 Å². The Labute approximate surface area is 175 Å². The number of carbonyl (C=O) groups is 1. The number of rotatable bonds is 7. The molecule has 0 aliphatic rings. The lowest BCUT2D eigenvalue weighted by Crippen LogP contribution is -2.33. The van der Waals surface area contributed by atoms with Crippen LogP contribution in [0.4, 0.5) is 0 Å². The predicted molar refractivity (Wildman–Crippen MR) is 111 cm³/mol. The zero-order valence-corrected chi connectivity index (χ0v) is 17.2. The number of nitrogens with two attached hydrogens (primary N) is 1. The van der Waals surface area contributed by atoms with Crippen molar-refractivity contribution in [2.75, 3.05) is 28.4 Å². The van der Waals surface area contributed by atoms with E-state index in [1.807, 2.05) is 0 Å². The lowest BCUT2D eigenvalue weighted by Gasteiger charge is -2.21. The number of methoxy groups -OCH3 is 4. The molecule has 11 heteroatoms. The third-order valence-electron chi connectivity index (χ3n) is 4.98. The summed E-state index contributed by atoms with van der Waals surface area (Å²) in [7, 11) is 5.31. The van der Waals surface area contributed by atoms with Crippen molar-refractivity contribution in [1.82, 2.24) is 4.98 Å². The Kier molecular flexibility index (Phi) is 5.71. The Morgan fingerprint density at radius 2 is 1.58 bits per heavy atom. The van der Waals surface area contributed by atoms with Crippen LogP contribution in [0.1, 0.15) is 5.56 Å². The molecule has 0 aliphatic heterocycles. The fourth-order valence-electron chi connectivity index (χ4n) is 3.60. The third-order valence-corrected chi connectivity index (χ3v) is 4.98. The first-order valence-electron chi connectivity index (χ1n) is 8.99. The number of carboxylic acids is 1. The molecule has 0 radical (unpaired) electrons. The maximum absolute atomic E-state index is 13.5. The monoisotopic (exact) mass is 434 g/mol. The van der Waals surface area contributed by atoms with Crippen molar-refractivity contribution in [2.24, 2.45) is 5.73 Å². The van der Waals surface area contributed by atoms with Gasteiger partial charge < -0.3 is 45.0 Å². The highest BCUT2D eigenvalue weighted by Gasteiger charge is 2.29. The van der Waals surface area contributed by atoms with Crippen molar-refractivity contribution in [3.8, 4) is 34.5 Å². The number of aliphatic carboxylic acids is 1. The Bertz CT molecular complexity index is 1250. The third kappa shape index (κ3) is 3.28. The summed E-state index contributed by atoms with van der Waals surface area (Å²) in [4.78, 5) is 27.9. The number of fused-ring (bicyclic) bond motifs is 2. The predicted octanol–water partition coefficient (Wildman–Crippen LogP) is 1.08. The number of phenolic OH excluding ortho intramolecular Hbond substituents is 2. The van der Waals surface area contributed by atoms with E-state index in [-0.39, 0.29) is 56.8 Å². The first-order chi connectivity index (χ1) is 14.7. The number of pyridine rings is 1. The molecule has 2 aromatic carbocycles. The standard InChI is InChI=1S/C20H22N2O9/c1-28-16-7(5-9(21)20(26)27)11-13(18(30-3)19(16)31-4)22-12-8(14(11)24)6-10(23)15(25)17(12)29-2/h6,9,23,25H,5,21H2,1-4H3,(H,22,24)(H,26,27). The maximum Gasteiger partial charge on any atom is 0.320 e. The molecule has 0 fully saturated rings. The molecule has 0 bridgehead atoms. The average Bonchev–Trinajstić information content (AvgIpc) is 2.74. The molecule has 166 valence electrons. The molecular formula is C20H22N2O9. The summed E-state index contributed by atoms with van der Waals surface area (Å²) < 4.78 is 21.5. The van der Waals surface area contributed by atoms with Gasteiger partial charge in [-0.15, -0.1) is 0 Å². The van der Waals surface area contributed by atoms with E-state index in [1.165, 1.54) is 28.4 Å². The Balaban J connectivity index is 2.63. The largest absolute Gasteiger partial charge is 0.504 e. The molecule has 1 aromatic heterocycles. The zero-order valence-electron chi connectivity index (χ0n) is 17.2. The number of carboxylic acid groups (broad SMARTS) is 1.